The molecule has 0 heterocycles. The van der Waals surface area contributed by atoms with E-state index in [9.17, 15) is 19.4 Å². The maximum atomic E-state index is 12.8. The van der Waals surface area contributed by atoms with Gasteiger partial charge in [-0.05, 0) is 64.2 Å². The topological polar surface area (TPSA) is 108 Å². The number of amides is 1. The minimum Gasteiger partial charge on any atom is -0.756 e. The molecule has 0 aromatic heterocycles. The molecule has 334 valence electrons. The molecule has 0 fully saturated rings. The number of allylic oxidation sites excluding steroid dienone is 7. The number of phosphoric ester groups is 1. The highest BCUT2D eigenvalue weighted by molar-refractivity contribution is 7.45. The van der Waals surface area contributed by atoms with E-state index in [1.807, 2.05) is 27.2 Å². The highest BCUT2D eigenvalue weighted by atomic mass is 31.2. The van der Waals surface area contributed by atoms with E-state index in [0.717, 1.165) is 51.4 Å². The summed E-state index contributed by atoms with van der Waals surface area (Å²) in [6.45, 7) is 4.49. The zero-order valence-electron chi connectivity index (χ0n) is 37.8. The Hall–Kier alpha value is -1.54. The van der Waals surface area contributed by atoms with Gasteiger partial charge in [-0.25, -0.2) is 0 Å². The monoisotopic (exact) mass is 823 g/mol. The van der Waals surface area contributed by atoms with Crippen molar-refractivity contribution in [1.29, 1.82) is 0 Å². The fraction of sp³-hybridized carbons (Fsp3) is 0.812. The van der Waals surface area contributed by atoms with Crippen molar-refractivity contribution < 1.29 is 32.9 Å². The highest BCUT2D eigenvalue weighted by Gasteiger charge is 2.23. The van der Waals surface area contributed by atoms with Gasteiger partial charge in [-0.3, -0.25) is 9.36 Å². The molecule has 0 aliphatic carbocycles. The van der Waals surface area contributed by atoms with E-state index in [2.05, 4.69) is 55.6 Å². The standard InChI is InChI=1S/C48H91N2O6P/c1-6-8-10-12-14-16-18-19-20-21-22-23-24-25-26-27-28-29-30-31-32-34-36-38-40-42-48(52)49-46(45-56-57(53,54)55-44-43-50(3,4)5)47(51)41-39-37-35-33-17-15-13-11-9-7-2/h9,11,17,21-22,33,39,41,46-47,51H,6-8,10,12-16,18-20,23-32,34-38,40,42-45H2,1-5H3,(H-,49,52,53,54)/b11-9+,22-21-,33-17+,41-39+. The van der Waals surface area contributed by atoms with E-state index in [-0.39, 0.29) is 12.5 Å². The fourth-order valence-corrected chi connectivity index (χ4v) is 7.26. The summed E-state index contributed by atoms with van der Waals surface area (Å²) in [6, 6.07) is -0.907. The van der Waals surface area contributed by atoms with Crippen molar-refractivity contribution in [3.05, 3.63) is 48.6 Å². The predicted octanol–water partition coefficient (Wildman–Crippen LogP) is 12.6. The van der Waals surface area contributed by atoms with Crippen LogP contribution in [0.5, 0.6) is 0 Å². The molecule has 2 N–H and O–H groups in total. The molecule has 57 heavy (non-hydrogen) atoms. The van der Waals surface area contributed by atoms with Gasteiger partial charge in [0.05, 0.1) is 39.9 Å². The van der Waals surface area contributed by atoms with Gasteiger partial charge in [-0.1, -0.05) is 178 Å². The smallest absolute Gasteiger partial charge is 0.268 e. The molecule has 0 saturated carbocycles. The lowest BCUT2D eigenvalue weighted by molar-refractivity contribution is -0.870. The summed E-state index contributed by atoms with van der Waals surface area (Å²) < 4.78 is 23.1. The molecule has 1 amide bonds. The summed E-state index contributed by atoms with van der Waals surface area (Å²) in [5.74, 6) is -0.215. The van der Waals surface area contributed by atoms with Crippen molar-refractivity contribution in [3.63, 3.8) is 0 Å². The number of aliphatic hydroxyl groups excluding tert-OH is 1. The molecule has 0 bridgehead atoms. The average Bonchev–Trinajstić information content (AvgIpc) is 3.16. The third-order valence-electron chi connectivity index (χ3n) is 10.3. The van der Waals surface area contributed by atoms with E-state index in [1.54, 1.807) is 6.08 Å². The van der Waals surface area contributed by atoms with E-state index in [1.165, 1.54) is 128 Å². The Morgan fingerprint density at radius 3 is 1.51 bits per heavy atom. The summed E-state index contributed by atoms with van der Waals surface area (Å²) in [7, 11) is 1.23. The van der Waals surface area contributed by atoms with Gasteiger partial charge in [0.15, 0.2) is 0 Å². The number of likely N-dealkylation sites (N-methyl/N-ethyl adjacent to an activating group) is 1. The van der Waals surface area contributed by atoms with Crippen LogP contribution in [0.1, 0.15) is 200 Å². The Morgan fingerprint density at radius 1 is 0.614 bits per heavy atom. The van der Waals surface area contributed by atoms with Crippen molar-refractivity contribution in [3.8, 4) is 0 Å². The molecular formula is C48H91N2O6P. The minimum absolute atomic E-state index is 0.00985. The molecule has 3 unspecified atom stereocenters. The largest absolute Gasteiger partial charge is 0.756 e. The Balaban J connectivity index is 4.18. The Labute approximate surface area is 352 Å². The van der Waals surface area contributed by atoms with Crippen LogP contribution in [0.3, 0.4) is 0 Å². The first kappa shape index (κ1) is 55.5. The maximum Gasteiger partial charge on any atom is 0.268 e. The molecule has 0 aliphatic rings. The van der Waals surface area contributed by atoms with Crippen molar-refractivity contribution in [1.82, 2.24) is 5.32 Å². The second-order valence-electron chi connectivity index (χ2n) is 17.1. The summed E-state index contributed by atoms with van der Waals surface area (Å²) in [6.07, 6.45) is 50.5. The molecule has 0 rings (SSSR count). The van der Waals surface area contributed by atoms with Crippen molar-refractivity contribution in [2.75, 3.05) is 40.9 Å². The lowest BCUT2D eigenvalue weighted by atomic mass is 10.0. The lowest BCUT2D eigenvalue weighted by Crippen LogP contribution is -2.45. The van der Waals surface area contributed by atoms with Crippen LogP contribution in [-0.4, -0.2) is 68.5 Å². The number of phosphoric acid groups is 1. The predicted molar refractivity (Wildman–Crippen MR) is 242 cm³/mol. The van der Waals surface area contributed by atoms with Crippen LogP contribution >= 0.6 is 7.82 Å². The SMILES string of the molecule is CC/C=C/CC/C=C/CC/C=C/C(O)C(COP(=O)([O-])OCC[N+](C)(C)C)NC(=O)CCCCCCCCCCCCCCC/C=C\CCCCCCCCCC. The number of quaternary nitrogens is 1. The number of aliphatic hydroxyl groups is 1. The van der Waals surface area contributed by atoms with Crippen LogP contribution in [-0.2, 0) is 18.4 Å². The number of hydrogen-bond donors (Lipinski definition) is 2. The minimum atomic E-state index is -4.59. The number of nitrogens with one attached hydrogen (secondary N) is 1. The van der Waals surface area contributed by atoms with E-state index < -0.39 is 26.6 Å². The average molecular weight is 823 g/mol. The van der Waals surface area contributed by atoms with Crippen molar-refractivity contribution >= 4 is 13.7 Å². The van der Waals surface area contributed by atoms with Crippen LogP contribution < -0.4 is 10.2 Å². The molecule has 8 nitrogen and oxygen atoms in total. The van der Waals surface area contributed by atoms with E-state index >= 15 is 0 Å². The Bertz CT molecular complexity index is 1070. The first-order valence-corrected chi connectivity index (χ1v) is 25.0. The van der Waals surface area contributed by atoms with Crippen LogP contribution in [0.2, 0.25) is 0 Å². The first-order valence-electron chi connectivity index (χ1n) is 23.5. The zero-order valence-corrected chi connectivity index (χ0v) is 38.7. The lowest BCUT2D eigenvalue weighted by Gasteiger charge is -2.29. The molecule has 0 saturated heterocycles. The maximum absolute atomic E-state index is 12.8. The molecule has 3 atom stereocenters. The van der Waals surface area contributed by atoms with Gasteiger partial charge < -0.3 is 28.8 Å². The van der Waals surface area contributed by atoms with Gasteiger partial charge >= 0.3 is 0 Å². The van der Waals surface area contributed by atoms with Gasteiger partial charge in [0.2, 0.25) is 5.91 Å². The number of carbonyl (C=O) groups excluding carboxylic acids is 1. The van der Waals surface area contributed by atoms with Gasteiger partial charge in [0, 0.05) is 6.42 Å². The third-order valence-corrected chi connectivity index (χ3v) is 11.2. The quantitative estimate of drug-likeness (QED) is 0.0275. The number of nitrogens with zero attached hydrogens (tertiary/aromatic N) is 1. The van der Waals surface area contributed by atoms with Gasteiger partial charge in [0.1, 0.15) is 13.2 Å². The molecule has 0 aromatic rings. The summed E-state index contributed by atoms with van der Waals surface area (Å²) in [4.78, 5) is 25.3. The Kier molecular flexibility index (Phi) is 38.8. The number of rotatable bonds is 42. The van der Waals surface area contributed by atoms with Crippen LogP contribution in [0.15, 0.2) is 48.6 Å². The highest BCUT2D eigenvalue weighted by Crippen LogP contribution is 2.38. The molecular weight excluding hydrogens is 732 g/mol. The van der Waals surface area contributed by atoms with Crippen molar-refractivity contribution in [2.24, 2.45) is 0 Å². The van der Waals surface area contributed by atoms with E-state index in [0.29, 0.717) is 17.4 Å². The normalized spacial score (nSPS) is 14.7. The second kappa shape index (κ2) is 39.9. The van der Waals surface area contributed by atoms with Crippen molar-refractivity contribution in [2.45, 2.75) is 212 Å². The number of hydrogen-bond acceptors (Lipinski definition) is 6. The number of unbranched alkanes of at least 4 members (excludes halogenated alkanes) is 23. The number of carbonyl (C=O) groups is 1. The molecule has 0 radical (unpaired) electrons. The zero-order chi connectivity index (χ0) is 42.1. The second-order valence-corrected chi connectivity index (χ2v) is 18.5. The third kappa shape index (κ3) is 42.4. The first-order chi connectivity index (χ1) is 27.5. The molecule has 0 aliphatic heterocycles. The van der Waals surface area contributed by atoms with Gasteiger partial charge in [-0.15, -0.1) is 0 Å². The van der Waals surface area contributed by atoms with Crippen LogP contribution in [0, 0.1) is 0 Å². The van der Waals surface area contributed by atoms with Gasteiger partial charge in [-0.2, -0.15) is 0 Å². The van der Waals surface area contributed by atoms with Gasteiger partial charge in [0.25, 0.3) is 7.82 Å². The van der Waals surface area contributed by atoms with Crippen LogP contribution in [0.25, 0.3) is 0 Å². The molecule has 0 aromatic carbocycles. The van der Waals surface area contributed by atoms with Crippen LogP contribution in [0.4, 0.5) is 0 Å². The summed E-state index contributed by atoms with van der Waals surface area (Å²) in [5.41, 5.74) is 0. The summed E-state index contributed by atoms with van der Waals surface area (Å²) >= 11 is 0. The fourth-order valence-electron chi connectivity index (χ4n) is 6.54. The summed E-state index contributed by atoms with van der Waals surface area (Å²) in [5, 5.41) is 13.7. The van der Waals surface area contributed by atoms with E-state index in [4.69, 9.17) is 9.05 Å². The Morgan fingerprint density at radius 2 is 1.04 bits per heavy atom. The molecule has 0 spiro atoms. The molecule has 9 heteroatoms.